The highest BCUT2D eigenvalue weighted by Gasteiger charge is 2.28. The summed E-state index contributed by atoms with van der Waals surface area (Å²) >= 11 is 0. The van der Waals surface area contributed by atoms with Crippen LogP contribution >= 0.6 is 0 Å². The number of fused-ring (bicyclic) bond motifs is 1. The molecule has 0 amide bonds. The van der Waals surface area contributed by atoms with Gasteiger partial charge in [0.2, 0.25) is 0 Å². The van der Waals surface area contributed by atoms with E-state index in [0.29, 0.717) is 5.52 Å². The third kappa shape index (κ3) is 3.62. The number of aromatic hydroxyl groups is 1. The summed E-state index contributed by atoms with van der Waals surface area (Å²) in [5.41, 5.74) is 0.381. The zero-order chi connectivity index (χ0) is 19.7. The second-order valence-electron chi connectivity index (χ2n) is 6.42. The van der Waals surface area contributed by atoms with Crippen molar-refractivity contribution in [3.63, 3.8) is 0 Å². The summed E-state index contributed by atoms with van der Waals surface area (Å²) in [6.07, 6.45) is -0.293. The molecule has 0 saturated heterocycles. The SMILES string of the molecule is COC(=O)C[C@H](c1cc2ccc(C)cc2[nH]c1=O)c1c(O)cc(C)oc1=O. The first-order valence-electron chi connectivity index (χ1n) is 8.34. The molecule has 1 atom stereocenters. The Kier molecular flexibility index (Phi) is 4.85. The lowest BCUT2D eigenvalue weighted by molar-refractivity contribution is -0.140. The van der Waals surface area contributed by atoms with Crippen LogP contribution < -0.4 is 11.2 Å². The lowest BCUT2D eigenvalue weighted by Gasteiger charge is -2.17. The lowest BCUT2D eigenvalue weighted by Crippen LogP contribution is -2.24. The molecule has 140 valence electrons. The summed E-state index contributed by atoms with van der Waals surface area (Å²) < 4.78 is 9.77. The molecule has 1 aromatic carbocycles. The number of hydrogen-bond acceptors (Lipinski definition) is 6. The number of benzene rings is 1. The molecular formula is C20H19NO6. The Morgan fingerprint density at radius 1 is 1.22 bits per heavy atom. The van der Waals surface area contributed by atoms with E-state index in [1.165, 1.54) is 20.1 Å². The summed E-state index contributed by atoms with van der Waals surface area (Å²) in [5.74, 6) is -1.74. The third-order valence-electron chi connectivity index (χ3n) is 4.44. The largest absolute Gasteiger partial charge is 0.507 e. The molecule has 2 N–H and O–H groups in total. The summed E-state index contributed by atoms with van der Waals surface area (Å²) in [5, 5.41) is 11.0. The first kappa shape index (κ1) is 18.4. The maximum atomic E-state index is 12.7. The summed E-state index contributed by atoms with van der Waals surface area (Å²) in [4.78, 5) is 39.8. The van der Waals surface area contributed by atoms with Gasteiger partial charge < -0.3 is 19.2 Å². The molecule has 3 rings (SSSR count). The molecular weight excluding hydrogens is 350 g/mol. The van der Waals surface area contributed by atoms with E-state index in [4.69, 9.17) is 9.15 Å². The summed E-state index contributed by atoms with van der Waals surface area (Å²) in [7, 11) is 1.21. The number of esters is 1. The molecule has 7 nitrogen and oxygen atoms in total. The topological polar surface area (TPSA) is 110 Å². The quantitative estimate of drug-likeness (QED) is 0.684. The van der Waals surface area contributed by atoms with Gasteiger partial charge in [0.1, 0.15) is 11.5 Å². The number of aromatic amines is 1. The van der Waals surface area contributed by atoms with Gasteiger partial charge in [0.05, 0.1) is 19.1 Å². The highest BCUT2D eigenvalue weighted by atomic mass is 16.5. The Morgan fingerprint density at radius 2 is 1.96 bits per heavy atom. The number of H-pyrrole nitrogens is 1. The van der Waals surface area contributed by atoms with Crippen molar-refractivity contribution >= 4 is 16.9 Å². The van der Waals surface area contributed by atoms with Crippen molar-refractivity contribution in [2.75, 3.05) is 7.11 Å². The van der Waals surface area contributed by atoms with Crippen LogP contribution in [0.1, 0.15) is 34.8 Å². The van der Waals surface area contributed by atoms with Crippen LogP contribution in [0.15, 0.2) is 44.3 Å². The predicted octanol–water partition coefficient (Wildman–Crippen LogP) is 2.50. The van der Waals surface area contributed by atoms with Gasteiger partial charge in [-0.3, -0.25) is 9.59 Å². The number of hydrogen-bond donors (Lipinski definition) is 2. The van der Waals surface area contributed by atoms with Gasteiger partial charge in [-0.1, -0.05) is 12.1 Å². The van der Waals surface area contributed by atoms with E-state index in [9.17, 15) is 19.5 Å². The number of aryl methyl sites for hydroxylation is 2. The number of methoxy groups -OCH3 is 1. The van der Waals surface area contributed by atoms with Gasteiger partial charge in [-0.2, -0.15) is 0 Å². The van der Waals surface area contributed by atoms with E-state index in [1.807, 2.05) is 25.1 Å². The Bertz CT molecular complexity index is 1140. The highest BCUT2D eigenvalue weighted by molar-refractivity contribution is 5.80. The zero-order valence-electron chi connectivity index (χ0n) is 15.2. The molecule has 0 unspecified atom stereocenters. The Morgan fingerprint density at radius 3 is 2.63 bits per heavy atom. The van der Waals surface area contributed by atoms with Crippen LogP contribution in [-0.2, 0) is 9.53 Å². The number of carbonyl (C=O) groups excluding carboxylic acids is 1. The predicted molar refractivity (Wildman–Crippen MR) is 99.2 cm³/mol. The van der Waals surface area contributed by atoms with Crippen LogP contribution in [0, 0.1) is 13.8 Å². The van der Waals surface area contributed by atoms with Crippen molar-refractivity contribution in [3.05, 3.63) is 73.6 Å². The average Bonchev–Trinajstić information content (AvgIpc) is 2.59. The van der Waals surface area contributed by atoms with Gasteiger partial charge >= 0.3 is 11.6 Å². The molecule has 3 aromatic rings. The molecule has 0 saturated carbocycles. The van der Waals surface area contributed by atoms with Crippen LogP contribution in [-0.4, -0.2) is 23.2 Å². The smallest absolute Gasteiger partial charge is 0.343 e. The van der Waals surface area contributed by atoms with E-state index in [0.717, 1.165) is 10.9 Å². The van der Waals surface area contributed by atoms with Crippen molar-refractivity contribution in [1.82, 2.24) is 4.98 Å². The van der Waals surface area contributed by atoms with Crippen LogP contribution in [0.5, 0.6) is 5.75 Å². The van der Waals surface area contributed by atoms with Crippen molar-refractivity contribution in [2.24, 2.45) is 0 Å². The molecule has 0 bridgehead atoms. The number of aromatic nitrogens is 1. The fraction of sp³-hybridized carbons (Fsp3) is 0.250. The van der Waals surface area contributed by atoms with E-state index < -0.39 is 23.1 Å². The molecule has 0 fully saturated rings. The average molecular weight is 369 g/mol. The van der Waals surface area contributed by atoms with Gasteiger partial charge in [-0.15, -0.1) is 0 Å². The van der Waals surface area contributed by atoms with Gasteiger partial charge in [0.15, 0.2) is 0 Å². The van der Waals surface area contributed by atoms with Crippen LogP contribution in [0.2, 0.25) is 0 Å². The fourth-order valence-corrected chi connectivity index (χ4v) is 3.13. The van der Waals surface area contributed by atoms with Gasteiger partial charge in [0.25, 0.3) is 5.56 Å². The Hall–Kier alpha value is -3.35. The number of rotatable bonds is 4. The standard InChI is InChI=1S/C20H19NO6/c1-10-4-5-12-8-14(19(24)21-15(12)6-10)13(9-17(23)26-3)18-16(22)7-11(2)27-20(18)25/h4-8,13,22H,9H2,1-3H3,(H,21,24)/t13-/m1/s1. The molecule has 0 aliphatic carbocycles. The first-order valence-corrected chi connectivity index (χ1v) is 8.34. The monoisotopic (exact) mass is 369 g/mol. The van der Waals surface area contributed by atoms with E-state index >= 15 is 0 Å². The van der Waals surface area contributed by atoms with E-state index in [2.05, 4.69) is 4.98 Å². The van der Waals surface area contributed by atoms with Crippen molar-refractivity contribution in [1.29, 1.82) is 0 Å². The fourth-order valence-electron chi connectivity index (χ4n) is 3.13. The van der Waals surface area contributed by atoms with Crippen molar-refractivity contribution in [3.8, 4) is 5.75 Å². The molecule has 0 aliphatic rings. The molecule has 27 heavy (non-hydrogen) atoms. The zero-order valence-corrected chi connectivity index (χ0v) is 15.2. The molecule has 2 aromatic heterocycles. The van der Waals surface area contributed by atoms with Crippen molar-refractivity contribution < 1.29 is 19.1 Å². The lowest BCUT2D eigenvalue weighted by atomic mass is 9.89. The second-order valence-corrected chi connectivity index (χ2v) is 6.42. The minimum atomic E-state index is -1.01. The van der Waals surface area contributed by atoms with Crippen LogP contribution in [0.4, 0.5) is 0 Å². The normalized spacial score (nSPS) is 12.1. The van der Waals surface area contributed by atoms with Crippen LogP contribution in [0.3, 0.4) is 0 Å². The highest BCUT2D eigenvalue weighted by Crippen LogP contribution is 2.31. The number of nitrogens with one attached hydrogen (secondary N) is 1. The van der Waals surface area contributed by atoms with Crippen molar-refractivity contribution in [2.45, 2.75) is 26.2 Å². The van der Waals surface area contributed by atoms with E-state index in [1.54, 1.807) is 6.07 Å². The Balaban J connectivity index is 2.26. The number of ether oxygens (including phenoxy) is 1. The van der Waals surface area contributed by atoms with Crippen LogP contribution in [0.25, 0.3) is 10.9 Å². The minimum Gasteiger partial charge on any atom is -0.507 e. The minimum absolute atomic E-state index is 0.150. The number of pyridine rings is 1. The third-order valence-corrected chi connectivity index (χ3v) is 4.44. The molecule has 0 radical (unpaired) electrons. The molecule has 0 spiro atoms. The summed E-state index contributed by atoms with van der Waals surface area (Å²) in [6, 6.07) is 8.43. The summed E-state index contributed by atoms with van der Waals surface area (Å²) in [6.45, 7) is 3.42. The maximum absolute atomic E-state index is 12.7. The molecule has 7 heteroatoms. The van der Waals surface area contributed by atoms with Gasteiger partial charge in [-0.25, -0.2) is 4.79 Å². The Labute approximate surface area is 154 Å². The van der Waals surface area contributed by atoms with E-state index in [-0.39, 0.29) is 29.1 Å². The first-order chi connectivity index (χ1) is 12.8. The second kappa shape index (κ2) is 7.11. The molecule has 2 heterocycles. The number of carbonyl (C=O) groups is 1. The van der Waals surface area contributed by atoms with Gasteiger partial charge in [-0.05, 0) is 36.9 Å². The maximum Gasteiger partial charge on any atom is 0.343 e. The van der Waals surface area contributed by atoms with Gasteiger partial charge in [0, 0.05) is 23.1 Å². The molecule has 0 aliphatic heterocycles.